The lowest BCUT2D eigenvalue weighted by Gasteiger charge is -2.40. The average molecular weight is 267 g/mol. The quantitative estimate of drug-likeness (QED) is 0.829. The summed E-state index contributed by atoms with van der Waals surface area (Å²) in [5, 5.41) is 0. The molecular weight excluding hydrogens is 234 g/mol. The van der Waals surface area contributed by atoms with E-state index in [4.69, 9.17) is 5.73 Å². The van der Waals surface area contributed by atoms with Crippen LogP contribution in [0.5, 0.6) is 0 Å². The second-order valence-electron chi connectivity index (χ2n) is 6.66. The van der Waals surface area contributed by atoms with Gasteiger partial charge < -0.3 is 5.73 Å². The molecule has 0 aromatic heterocycles. The number of hydrogen-bond acceptors (Lipinski definition) is 3. The summed E-state index contributed by atoms with van der Waals surface area (Å²) >= 11 is 0. The third-order valence-corrected chi connectivity index (χ3v) is 5.35. The van der Waals surface area contributed by atoms with Crippen LogP contribution in [-0.2, 0) is 0 Å². The molecule has 112 valence electrons. The molecule has 1 heterocycles. The van der Waals surface area contributed by atoms with Gasteiger partial charge in [-0.05, 0) is 32.1 Å². The van der Waals surface area contributed by atoms with Crippen LogP contribution in [0.3, 0.4) is 0 Å². The number of piperazine rings is 1. The molecule has 1 saturated carbocycles. The Morgan fingerprint density at radius 2 is 1.68 bits per heavy atom. The number of nitrogens with zero attached hydrogens (tertiary/aromatic N) is 2. The number of rotatable bonds is 5. The van der Waals surface area contributed by atoms with Crippen LogP contribution in [0.25, 0.3) is 0 Å². The van der Waals surface area contributed by atoms with Gasteiger partial charge in [0, 0.05) is 44.8 Å². The minimum absolute atomic E-state index is 0.412. The Bertz CT molecular complexity index is 242. The van der Waals surface area contributed by atoms with Gasteiger partial charge in [-0.2, -0.15) is 0 Å². The molecule has 0 spiro atoms. The lowest BCUT2D eigenvalue weighted by Crippen LogP contribution is -2.53. The third-order valence-electron chi connectivity index (χ3n) is 5.35. The molecule has 2 rings (SSSR count). The molecule has 19 heavy (non-hydrogen) atoms. The monoisotopic (exact) mass is 267 g/mol. The van der Waals surface area contributed by atoms with Crippen LogP contribution in [0.1, 0.15) is 52.4 Å². The Morgan fingerprint density at radius 3 is 2.26 bits per heavy atom. The Morgan fingerprint density at radius 1 is 1.05 bits per heavy atom. The maximum absolute atomic E-state index is 6.44. The largest absolute Gasteiger partial charge is 0.326 e. The van der Waals surface area contributed by atoms with Crippen molar-refractivity contribution in [3.63, 3.8) is 0 Å². The molecule has 1 aliphatic heterocycles. The summed E-state index contributed by atoms with van der Waals surface area (Å²) in [5.74, 6) is 0.793. The zero-order valence-electron chi connectivity index (χ0n) is 13.0. The van der Waals surface area contributed by atoms with E-state index in [1.165, 1.54) is 64.7 Å². The van der Waals surface area contributed by atoms with Crippen molar-refractivity contribution in [1.82, 2.24) is 9.80 Å². The van der Waals surface area contributed by atoms with E-state index < -0.39 is 0 Å². The highest BCUT2D eigenvalue weighted by molar-refractivity contribution is 4.82. The van der Waals surface area contributed by atoms with Crippen molar-refractivity contribution in [1.29, 1.82) is 0 Å². The summed E-state index contributed by atoms with van der Waals surface area (Å²) in [6.07, 6.45) is 8.24. The highest BCUT2D eigenvalue weighted by Crippen LogP contribution is 2.26. The highest BCUT2D eigenvalue weighted by atomic mass is 15.3. The Labute approximate surface area is 119 Å². The van der Waals surface area contributed by atoms with Gasteiger partial charge in [0.25, 0.3) is 0 Å². The van der Waals surface area contributed by atoms with E-state index in [1.54, 1.807) is 0 Å². The molecule has 1 aliphatic carbocycles. The molecule has 0 radical (unpaired) electrons. The van der Waals surface area contributed by atoms with Crippen molar-refractivity contribution >= 4 is 0 Å². The zero-order valence-corrected chi connectivity index (χ0v) is 13.0. The molecule has 0 aromatic carbocycles. The van der Waals surface area contributed by atoms with Crippen LogP contribution in [0.2, 0.25) is 0 Å². The van der Waals surface area contributed by atoms with Crippen LogP contribution < -0.4 is 5.73 Å². The molecule has 0 aromatic rings. The SMILES string of the molecule is CCC(C)N1CCN(CC(N)C2CCCCC2)CC1. The summed E-state index contributed by atoms with van der Waals surface area (Å²) < 4.78 is 0. The summed E-state index contributed by atoms with van der Waals surface area (Å²) in [6, 6.07) is 1.16. The van der Waals surface area contributed by atoms with Crippen molar-refractivity contribution in [2.75, 3.05) is 32.7 Å². The zero-order chi connectivity index (χ0) is 13.7. The summed E-state index contributed by atoms with van der Waals surface area (Å²) in [6.45, 7) is 10.6. The molecule has 0 amide bonds. The van der Waals surface area contributed by atoms with Crippen LogP contribution in [0.4, 0.5) is 0 Å². The molecule has 3 nitrogen and oxygen atoms in total. The number of nitrogens with two attached hydrogens (primary N) is 1. The average Bonchev–Trinajstić information content (AvgIpc) is 2.48. The van der Waals surface area contributed by atoms with Crippen LogP contribution in [0, 0.1) is 5.92 Å². The molecule has 2 atom stereocenters. The molecule has 1 saturated heterocycles. The molecular formula is C16H33N3. The first-order valence-corrected chi connectivity index (χ1v) is 8.42. The second-order valence-corrected chi connectivity index (χ2v) is 6.66. The maximum Gasteiger partial charge on any atom is 0.0196 e. The molecule has 2 aliphatic rings. The van der Waals surface area contributed by atoms with E-state index in [-0.39, 0.29) is 0 Å². The van der Waals surface area contributed by atoms with Gasteiger partial charge in [0.15, 0.2) is 0 Å². The van der Waals surface area contributed by atoms with Crippen molar-refractivity contribution in [2.45, 2.75) is 64.5 Å². The van der Waals surface area contributed by atoms with Gasteiger partial charge in [0.05, 0.1) is 0 Å². The molecule has 2 N–H and O–H groups in total. The molecule has 0 bridgehead atoms. The molecule has 2 fully saturated rings. The second kappa shape index (κ2) is 7.61. The van der Waals surface area contributed by atoms with Crippen molar-refractivity contribution < 1.29 is 0 Å². The lowest BCUT2D eigenvalue weighted by molar-refractivity contribution is 0.0895. The predicted molar refractivity (Wildman–Crippen MR) is 82.3 cm³/mol. The van der Waals surface area contributed by atoms with Gasteiger partial charge in [0.2, 0.25) is 0 Å². The van der Waals surface area contributed by atoms with Crippen molar-refractivity contribution in [2.24, 2.45) is 11.7 Å². The fraction of sp³-hybridized carbons (Fsp3) is 1.00. The standard InChI is InChI=1S/C16H33N3/c1-3-14(2)19-11-9-18(10-12-19)13-16(17)15-7-5-4-6-8-15/h14-16H,3-13,17H2,1-2H3. The summed E-state index contributed by atoms with van der Waals surface area (Å²) in [4.78, 5) is 5.22. The molecule has 3 heteroatoms. The van der Waals surface area contributed by atoms with Gasteiger partial charge in [-0.15, -0.1) is 0 Å². The van der Waals surface area contributed by atoms with E-state index in [2.05, 4.69) is 23.6 Å². The Hall–Kier alpha value is -0.120. The summed E-state index contributed by atoms with van der Waals surface area (Å²) in [7, 11) is 0. The van der Waals surface area contributed by atoms with Crippen molar-refractivity contribution in [3.8, 4) is 0 Å². The van der Waals surface area contributed by atoms with E-state index in [9.17, 15) is 0 Å². The van der Waals surface area contributed by atoms with Gasteiger partial charge in [0.1, 0.15) is 0 Å². The van der Waals surface area contributed by atoms with Crippen LogP contribution in [-0.4, -0.2) is 54.6 Å². The highest BCUT2D eigenvalue weighted by Gasteiger charge is 2.25. The van der Waals surface area contributed by atoms with E-state index in [0.29, 0.717) is 6.04 Å². The normalized spacial score (nSPS) is 27.3. The van der Waals surface area contributed by atoms with E-state index in [1.807, 2.05) is 0 Å². The van der Waals surface area contributed by atoms with Crippen molar-refractivity contribution in [3.05, 3.63) is 0 Å². The third kappa shape index (κ3) is 4.44. The van der Waals surface area contributed by atoms with E-state index in [0.717, 1.165) is 18.5 Å². The van der Waals surface area contributed by atoms with Gasteiger partial charge in [-0.3, -0.25) is 9.80 Å². The van der Waals surface area contributed by atoms with Gasteiger partial charge in [-0.25, -0.2) is 0 Å². The van der Waals surface area contributed by atoms with E-state index >= 15 is 0 Å². The van der Waals surface area contributed by atoms with Gasteiger partial charge in [-0.1, -0.05) is 26.2 Å². The topological polar surface area (TPSA) is 32.5 Å². The van der Waals surface area contributed by atoms with Gasteiger partial charge >= 0.3 is 0 Å². The first-order chi connectivity index (χ1) is 9.20. The fourth-order valence-electron chi connectivity index (χ4n) is 3.65. The summed E-state index contributed by atoms with van der Waals surface area (Å²) in [5.41, 5.74) is 6.44. The predicted octanol–water partition coefficient (Wildman–Crippen LogP) is 2.31. The Balaban J connectivity index is 1.69. The van der Waals surface area contributed by atoms with Crippen LogP contribution in [0.15, 0.2) is 0 Å². The lowest BCUT2D eigenvalue weighted by atomic mass is 9.84. The first kappa shape index (κ1) is 15.3. The van der Waals surface area contributed by atoms with Crippen LogP contribution >= 0.6 is 0 Å². The number of hydrogen-bond donors (Lipinski definition) is 1. The minimum atomic E-state index is 0.412. The fourth-order valence-corrected chi connectivity index (χ4v) is 3.65. The Kier molecular flexibility index (Phi) is 6.11. The smallest absolute Gasteiger partial charge is 0.0196 e. The molecule has 2 unspecified atom stereocenters. The maximum atomic E-state index is 6.44. The minimum Gasteiger partial charge on any atom is -0.326 e. The first-order valence-electron chi connectivity index (χ1n) is 8.42.